The van der Waals surface area contributed by atoms with Crippen LogP contribution in [0.3, 0.4) is 0 Å². The van der Waals surface area contributed by atoms with Gasteiger partial charge in [-0.3, -0.25) is 0 Å². The molecule has 0 aromatic heterocycles. The highest BCUT2D eigenvalue weighted by Gasteiger charge is 2.00. The molecule has 66 valence electrons. The Bertz CT molecular complexity index is 344. The lowest BCUT2D eigenvalue weighted by Gasteiger charge is -2.01. The van der Waals surface area contributed by atoms with Crippen molar-refractivity contribution in [2.24, 2.45) is 5.73 Å². The number of benzene rings is 1. The van der Waals surface area contributed by atoms with Crippen LogP contribution in [0.4, 0.5) is 0 Å². The van der Waals surface area contributed by atoms with Crippen molar-refractivity contribution in [3.8, 4) is 0 Å². The second-order valence-electron chi connectivity index (χ2n) is 3.20. The molecule has 0 saturated carbocycles. The molecular formula is C12H13N. The van der Waals surface area contributed by atoms with Crippen molar-refractivity contribution >= 4 is 5.57 Å². The van der Waals surface area contributed by atoms with Crippen LogP contribution in [0.1, 0.15) is 17.5 Å². The predicted molar refractivity (Wildman–Crippen MR) is 56.1 cm³/mol. The van der Waals surface area contributed by atoms with Crippen molar-refractivity contribution in [3.05, 3.63) is 53.6 Å². The minimum absolute atomic E-state index is 0.620. The van der Waals surface area contributed by atoms with E-state index in [2.05, 4.69) is 42.5 Å². The highest BCUT2D eigenvalue weighted by Crippen LogP contribution is 2.21. The van der Waals surface area contributed by atoms with Gasteiger partial charge in [0, 0.05) is 6.54 Å². The quantitative estimate of drug-likeness (QED) is 0.726. The summed E-state index contributed by atoms with van der Waals surface area (Å²) in [5, 5.41) is 0. The van der Waals surface area contributed by atoms with Crippen LogP contribution in [0.25, 0.3) is 5.57 Å². The molecule has 0 radical (unpaired) electrons. The second-order valence-corrected chi connectivity index (χ2v) is 3.20. The second kappa shape index (κ2) is 3.58. The SMILES string of the molecule is NCc1ccc(C2=CCC=C2)cc1. The van der Waals surface area contributed by atoms with Gasteiger partial charge in [-0.25, -0.2) is 0 Å². The first-order valence-electron chi connectivity index (χ1n) is 4.56. The topological polar surface area (TPSA) is 26.0 Å². The van der Waals surface area contributed by atoms with E-state index in [1.54, 1.807) is 0 Å². The molecule has 1 aromatic carbocycles. The third kappa shape index (κ3) is 1.70. The van der Waals surface area contributed by atoms with Crippen LogP contribution in [0.2, 0.25) is 0 Å². The van der Waals surface area contributed by atoms with E-state index in [1.807, 2.05) is 0 Å². The maximum Gasteiger partial charge on any atom is 0.0178 e. The molecule has 0 unspecified atom stereocenters. The molecule has 0 spiro atoms. The monoisotopic (exact) mass is 171 g/mol. The standard InChI is InChI=1S/C12H13N/c13-9-10-5-7-12(8-6-10)11-3-1-2-4-11/h1,3-8H,2,9,13H2. The lowest BCUT2D eigenvalue weighted by atomic mass is 10.1. The summed E-state index contributed by atoms with van der Waals surface area (Å²) in [6, 6.07) is 8.43. The smallest absolute Gasteiger partial charge is 0.0178 e. The number of allylic oxidation sites excluding steroid dienone is 4. The van der Waals surface area contributed by atoms with Gasteiger partial charge < -0.3 is 5.73 Å². The van der Waals surface area contributed by atoms with E-state index in [0.717, 1.165) is 6.42 Å². The third-order valence-electron chi connectivity index (χ3n) is 2.29. The first-order valence-corrected chi connectivity index (χ1v) is 4.56. The van der Waals surface area contributed by atoms with Gasteiger partial charge in [0.15, 0.2) is 0 Å². The molecule has 0 atom stereocenters. The summed E-state index contributed by atoms with van der Waals surface area (Å²) in [6.45, 7) is 0.620. The summed E-state index contributed by atoms with van der Waals surface area (Å²) in [4.78, 5) is 0. The summed E-state index contributed by atoms with van der Waals surface area (Å²) >= 11 is 0. The summed E-state index contributed by atoms with van der Waals surface area (Å²) in [7, 11) is 0. The molecule has 1 aliphatic carbocycles. The van der Waals surface area contributed by atoms with Crippen LogP contribution in [0.5, 0.6) is 0 Å². The highest BCUT2D eigenvalue weighted by molar-refractivity contribution is 5.76. The fraction of sp³-hybridized carbons (Fsp3) is 0.167. The molecule has 0 saturated heterocycles. The summed E-state index contributed by atoms with van der Waals surface area (Å²) in [6.07, 6.45) is 7.63. The number of hydrogen-bond acceptors (Lipinski definition) is 1. The van der Waals surface area contributed by atoms with Crippen molar-refractivity contribution in [3.63, 3.8) is 0 Å². The van der Waals surface area contributed by atoms with Gasteiger partial charge in [-0.2, -0.15) is 0 Å². The maximum absolute atomic E-state index is 5.52. The van der Waals surface area contributed by atoms with E-state index in [-0.39, 0.29) is 0 Å². The Balaban J connectivity index is 2.27. The lowest BCUT2D eigenvalue weighted by Crippen LogP contribution is -1.95. The van der Waals surface area contributed by atoms with Crippen LogP contribution < -0.4 is 5.73 Å². The van der Waals surface area contributed by atoms with Crippen LogP contribution in [-0.2, 0) is 6.54 Å². The predicted octanol–water partition coefficient (Wildman–Crippen LogP) is 2.49. The zero-order valence-corrected chi connectivity index (χ0v) is 7.53. The van der Waals surface area contributed by atoms with Crippen LogP contribution in [-0.4, -0.2) is 0 Å². The molecule has 0 fully saturated rings. The summed E-state index contributed by atoms with van der Waals surface area (Å²) < 4.78 is 0. The Morgan fingerprint density at radius 1 is 1.15 bits per heavy atom. The third-order valence-corrected chi connectivity index (χ3v) is 2.29. The van der Waals surface area contributed by atoms with E-state index in [4.69, 9.17) is 5.73 Å². The normalized spacial score (nSPS) is 14.7. The van der Waals surface area contributed by atoms with E-state index >= 15 is 0 Å². The Morgan fingerprint density at radius 2 is 1.92 bits per heavy atom. The molecule has 1 nitrogen and oxygen atoms in total. The fourth-order valence-electron chi connectivity index (χ4n) is 1.51. The summed E-state index contributed by atoms with van der Waals surface area (Å²) in [5.74, 6) is 0. The molecule has 0 bridgehead atoms. The molecule has 2 rings (SSSR count). The Kier molecular flexibility index (Phi) is 2.28. The molecule has 1 heteroatoms. The number of nitrogens with two attached hydrogens (primary N) is 1. The molecule has 1 aliphatic rings. The first-order chi connectivity index (χ1) is 6.40. The first kappa shape index (κ1) is 8.27. The minimum Gasteiger partial charge on any atom is -0.326 e. The molecule has 0 amide bonds. The van der Waals surface area contributed by atoms with Crippen molar-refractivity contribution in [1.29, 1.82) is 0 Å². The summed E-state index contributed by atoms with van der Waals surface area (Å²) in [5.41, 5.74) is 9.32. The number of rotatable bonds is 2. The van der Waals surface area contributed by atoms with Gasteiger partial charge >= 0.3 is 0 Å². The zero-order chi connectivity index (χ0) is 9.10. The van der Waals surface area contributed by atoms with Crippen molar-refractivity contribution in [1.82, 2.24) is 0 Å². The van der Waals surface area contributed by atoms with Gasteiger partial charge in [0.05, 0.1) is 0 Å². The van der Waals surface area contributed by atoms with E-state index in [0.29, 0.717) is 6.54 Å². The molecular weight excluding hydrogens is 158 g/mol. The minimum atomic E-state index is 0.620. The van der Waals surface area contributed by atoms with Gasteiger partial charge in [0.1, 0.15) is 0 Å². The zero-order valence-electron chi connectivity index (χ0n) is 7.53. The van der Waals surface area contributed by atoms with Crippen LogP contribution in [0.15, 0.2) is 42.5 Å². The average molecular weight is 171 g/mol. The molecule has 0 aliphatic heterocycles. The molecule has 2 N–H and O–H groups in total. The van der Waals surface area contributed by atoms with Gasteiger partial charge in [-0.15, -0.1) is 0 Å². The Morgan fingerprint density at radius 3 is 2.46 bits per heavy atom. The molecule has 13 heavy (non-hydrogen) atoms. The van der Waals surface area contributed by atoms with E-state index < -0.39 is 0 Å². The largest absolute Gasteiger partial charge is 0.326 e. The van der Waals surface area contributed by atoms with Crippen LogP contribution >= 0.6 is 0 Å². The van der Waals surface area contributed by atoms with Gasteiger partial charge in [-0.05, 0) is 23.1 Å². The van der Waals surface area contributed by atoms with Crippen molar-refractivity contribution in [2.75, 3.05) is 0 Å². The molecule has 0 heterocycles. The molecule has 1 aromatic rings. The highest BCUT2D eigenvalue weighted by atomic mass is 14.5. The maximum atomic E-state index is 5.52. The van der Waals surface area contributed by atoms with Crippen LogP contribution in [0, 0.1) is 0 Å². The van der Waals surface area contributed by atoms with Crippen molar-refractivity contribution < 1.29 is 0 Å². The average Bonchev–Trinajstić information content (AvgIpc) is 2.71. The Hall–Kier alpha value is -1.34. The fourth-order valence-corrected chi connectivity index (χ4v) is 1.51. The Labute approximate surface area is 78.6 Å². The van der Waals surface area contributed by atoms with E-state index in [1.165, 1.54) is 16.7 Å². The van der Waals surface area contributed by atoms with Gasteiger partial charge in [0.2, 0.25) is 0 Å². The van der Waals surface area contributed by atoms with Crippen molar-refractivity contribution in [2.45, 2.75) is 13.0 Å². The van der Waals surface area contributed by atoms with Gasteiger partial charge in [0.25, 0.3) is 0 Å². The van der Waals surface area contributed by atoms with E-state index in [9.17, 15) is 0 Å². The lowest BCUT2D eigenvalue weighted by molar-refractivity contribution is 1.07. The number of hydrogen-bond donors (Lipinski definition) is 1. The van der Waals surface area contributed by atoms with Gasteiger partial charge in [-0.1, -0.05) is 42.5 Å².